The van der Waals surface area contributed by atoms with Gasteiger partial charge in [0.05, 0.1) is 5.56 Å². The molecule has 1 aromatic carbocycles. The van der Waals surface area contributed by atoms with Crippen LogP contribution in [0.1, 0.15) is 24.0 Å². The number of benzene rings is 1. The van der Waals surface area contributed by atoms with Crippen LogP contribution in [0.5, 0.6) is 0 Å². The second kappa shape index (κ2) is 6.58. The zero-order valence-corrected chi connectivity index (χ0v) is 13.4. The van der Waals surface area contributed by atoms with Crippen LogP contribution in [-0.2, 0) is 6.18 Å². The SMILES string of the molecule is CC(CNc1cc(=O)n2ccccc2n1)c1ccc(C(F)(F)F)cc1. The summed E-state index contributed by atoms with van der Waals surface area (Å²) in [6.07, 6.45) is -2.70. The average Bonchev–Trinajstić information content (AvgIpc) is 2.59. The number of nitrogens with one attached hydrogen (secondary N) is 1. The van der Waals surface area contributed by atoms with Crippen LogP contribution >= 0.6 is 0 Å². The maximum absolute atomic E-state index is 12.6. The van der Waals surface area contributed by atoms with Crippen LogP contribution in [0.3, 0.4) is 0 Å². The molecule has 130 valence electrons. The van der Waals surface area contributed by atoms with Gasteiger partial charge in [-0.1, -0.05) is 25.1 Å². The van der Waals surface area contributed by atoms with E-state index in [2.05, 4.69) is 10.3 Å². The van der Waals surface area contributed by atoms with E-state index in [4.69, 9.17) is 0 Å². The van der Waals surface area contributed by atoms with Crippen molar-refractivity contribution in [2.45, 2.75) is 19.0 Å². The van der Waals surface area contributed by atoms with E-state index < -0.39 is 11.7 Å². The van der Waals surface area contributed by atoms with Gasteiger partial charge in [-0.3, -0.25) is 9.20 Å². The smallest absolute Gasteiger partial charge is 0.369 e. The number of alkyl halides is 3. The molecule has 3 rings (SSSR count). The first-order valence-electron chi connectivity index (χ1n) is 7.74. The molecule has 0 aliphatic carbocycles. The van der Waals surface area contributed by atoms with Gasteiger partial charge in [-0.15, -0.1) is 0 Å². The van der Waals surface area contributed by atoms with Crippen LogP contribution < -0.4 is 10.9 Å². The van der Waals surface area contributed by atoms with Crippen molar-refractivity contribution in [1.82, 2.24) is 9.38 Å². The van der Waals surface area contributed by atoms with Gasteiger partial charge in [0, 0.05) is 18.8 Å². The Balaban J connectivity index is 1.72. The van der Waals surface area contributed by atoms with Gasteiger partial charge in [-0.05, 0) is 35.7 Å². The summed E-state index contributed by atoms with van der Waals surface area (Å²) >= 11 is 0. The van der Waals surface area contributed by atoms with Crippen LogP contribution in [0, 0.1) is 0 Å². The monoisotopic (exact) mass is 347 g/mol. The van der Waals surface area contributed by atoms with E-state index in [1.54, 1.807) is 24.4 Å². The Morgan fingerprint density at radius 1 is 1.16 bits per heavy atom. The van der Waals surface area contributed by atoms with Crippen LogP contribution in [0.25, 0.3) is 5.65 Å². The van der Waals surface area contributed by atoms with E-state index in [-0.39, 0.29) is 11.5 Å². The minimum atomic E-state index is -4.34. The molecule has 0 saturated carbocycles. The number of hydrogen-bond acceptors (Lipinski definition) is 3. The van der Waals surface area contributed by atoms with Gasteiger partial charge in [0.25, 0.3) is 5.56 Å². The first-order chi connectivity index (χ1) is 11.8. The highest BCUT2D eigenvalue weighted by Crippen LogP contribution is 2.30. The fraction of sp³-hybridized carbons (Fsp3) is 0.222. The number of hydrogen-bond donors (Lipinski definition) is 1. The minimum absolute atomic E-state index is 0.0432. The van der Waals surface area contributed by atoms with Gasteiger partial charge in [0.2, 0.25) is 0 Å². The molecule has 25 heavy (non-hydrogen) atoms. The molecule has 0 amide bonds. The van der Waals surface area contributed by atoms with Crippen molar-refractivity contribution in [3.05, 3.63) is 76.2 Å². The van der Waals surface area contributed by atoms with Crippen LogP contribution in [-0.4, -0.2) is 15.9 Å². The lowest BCUT2D eigenvalue weighted by atomic mass is 9.99. The van der Waals surface area contributed by atoms with E-state index in [0.29, 0.717) is 18.0 Å². The van der Waals surface area contributed by atoms with Crippen molar-refractivity contribution < 1.29 is 13.2 Å². The molecule has 0 fully saturated rings. The van der Waals surface area contributed by atoms with E-state index in [1.807, 2.05) is 6.92 Å². The number of pyridine rings is 1. The molecule has 2 heterocycles. The van der Waals surface area contributed by atoms with Gasteiger partial charge in [0.15, 0.2) is 0 Å². The molecule has 1 atom stereocenters. The van der Waals surface area contributed by atoms with Crippen molar-refractivity contribution >= 4 is 11.5 Å². The van der Waals surface area contributed by atoms with Crippen LogP contribution in [0.2, 0.25) is 0 Å². The van der Waals surface area contributed by atoms with Gasteiger partial charge in [0.1, 0.15) is 11.5 Å². The summed E-state index contributed by atoms with van der Waals surface area (Å²) in [5.74, 6) is 0.397. The van der Waals surface area contributed by atoms with Crippen LogP contribution in [0.4, 0.5) is 19.0 Å². The Hall–Kier alpha value is -2.83. The van der Waals surface area contributed by atoms with Crippen molar-refractivity contribution in [2.75, 3.05) is 11.9 Å². The fourth-order valence-electron chi connectivity index (χ4n) is 2.52. The van der Waals surface area contributed by atoms with Gasteiger partial charge < -0.3 is 5.32 Å². The van der Waals surface area contributed by atoms with Crippen LogP contribution in [0.15, 0.2) is 59.5 Å². The summed E-state index contributed by atoms with van der Waals surface area (Å²) in [5, 5.41) is 3.07. The number of aromatic nitrogens is 2. The molecule has 0 bridgehead atoms. The second-order valence-corrected chi connectivity index (χ2v) is 5.81. The third-order valence-corrected chi connectivity index (χ3v) is 3.97. The number of fused-ring (bicyclic) bond motifs is 1. The molecule has 1 unspecified atom stereocenters. The van der Waals surface area contributed by atoms with Crippen molar-refractivity contribution in [1.29, 1.82) is 0 Å². The minimum Gasteiger partial charge on any atom is -0.369 e. The Morgan fingerprint density at radius 3 is 2.56 bits per heavy atom. The number of nitrogens with zero attached hydrogens (tertiary/aromatic N) is 2. The molecular weight excluding hydrogens is 331 g/mol. The molecular formula is C18H16F3N3O. The number of rotatable bonds is 4. The second-order valence-electron chi connectivity index (χ2n) is 5.81. The largest absolute Gasteiger partial charge is 0.416 e. The molecule has 0 aliphatic heterocycles. The summed E-state index contributed by atoms with van der Waals surface area (Å²) in [6, 6.07) is 11.7. The molecule has 3 aromatic rings. The summed E-state index contributed by atoms with van der Waals surface area (Å²) in [4.78, 5) is 16.4. The van der Waals surface area contributed by atoms with E-state index in [0.717, 1.165) is 17.7 Å². The molecule has 7 heteroatoms. The summed E-state index contributed by atoms with van der Waals surface area (Å²) < 4.78 is 39.2. The van der Waals surface area contributed by atoms with Gasteiger partial charge in [-0.25, -0.2) is 4.98 Å². The predicted molar refractivity (Wildman–Crippen MR) is 89.8 cm³/mol. The molecule has 0 radical (unpaired) electrons. The number of anilines is 1. The fourth-order valence-corrected chi connectivity index (χ4v) is 2.52. The van der Waals surface area contributed by atoms with E-state index in [9.17, 15) is 18.0 Å². The van der Waals surface area contributed by atoms with Gasteiger partial charge >= 0.3 is 6.18 Å². The quantitative estimate of drug-likeness (QED) is 0.778. The predicted octanol–water partition coefficient (Wildman–Crippen LogP) is 3.93. The lowest BCUT2D eigenvalue weighted by Gasteiger charge is -2.15. The lowest BCUT2D eigenvalue weighted by Crippen LogP contribution is -2.17. The normalized spacial score (nSPS) is 13.0. The average molecular weight is 347 g/mol. The van der Waals surface area contributed by atoms with Crippen molar-refractivity contribution in [3.63, 3.8) is 0 Å². The number of halogens is 3. The van der Waals surface area contributed by atoms with Gasteiger partial charge in [-0.2, -0.15) is 13.2 Å². The van der Waals surface area contributed by atoms with Crippen molar-refractivity contribution in [2.24, 2.45) is 0 Å². The molecule has 0 saturated heterocycles. The lowest BCUT2D eigenvalue weighted by molar-refractivity contribution is -0.137. The molecule has 0 aliphatic rings. The molecule has 4 nitrogen and oxygen atoms in total. The third kappa shape index (κ3) is 3.81. The topological polar surface area (TPSA) is 46.4 Å². The third-order valence-electron chi connectivity index (χ3n) is 3.97. The summed E-state index contributed by atoms with van der Waals surface area (Å²) in [6.45, 7) is 2.34. The standard InChI is InChI=1S/C18H16F3N3O/c1-12(13-5-7-14(8-6-13)18(19,20)21)11-22-15-10-17(25)24-9-3-2-4-16(24)23-15/h2-10,12,22H,11H2,1H3. The summed E-state index contributed by atoms with van der Waals surface area (Å²) in [5.41, 5.74) is 0.439. The maximum atomic E-state index is 12.6. The Bertz CT molecular complexity index is 933. The first-order valence-corrected chi connectivity index (χ1v) is 7.74. The van der Waals surface area contributed by atoms with Crippen molar-refractivity contribution in [3.8, 4) is 0 Å². The Kier molecular flexibility index (Phi) is 4.48. The highest BCUT2D eigenvalue weighted by molar-refractivity contribution is 5.46. The molecule has 0 spiro atoms. The maximum Gasteiger partial charge on any atom is 0.416 e. The van der Waals surface area contributed by atoms with E-state index in [1.165, 1.54) is 22.6 Å². The highest BCUT2D eigenvalue weighted by Gasteiger charge is 2.30. The Morgan fingerprint density at radius 2 is 1.88 bits per heavy atom. The molecule has 1 N–H and O–H groups in total. The zero-order valence-electron chi connectivity index (χ0n) is 13.4. The zero-order chi connectivity index (χ0) is 18.0. The summed E-state index contributed by atoms with van der Waals surface area (Å²) in [7, 11) is 0. The molecule has 2 aromatic heterocycles. The first kappa shape index (κ1) is 17.0. The Labute approximate surface area is 142 Å². The highest BCUT2D eigenvalue weighted by atomic mass is 19.4. The van der Waals surface area contributed by atoms with E-state index >= 15 is 0 Å².